The highest BCUT2D eigenvalue weighted by atomic mass is 16.2. The van der Waals surface area contributed by atoms with Gasteiger partial charge in [0.05, 0.1) is 5.69 Å². The Kier molecular flexibility index (Phi) is 5.63. The lowest BCUT2D eigenvalue weighted by molar-refractivity contribution is 0.0977. The van der Waals surface area contributed by atoms with Crippen molar-refractivity contribution in [2.45, 2.75) is 19.5 Å². The third-order valence-corrected chi connectivity index (χ3v) is 5.59. The Bertz CT molecular complexity index is 1140. The van der Waals surface area contributed by atoms with Crippen LogP contribution in [-0.2, 0) is 6.54 Å². The summed E-state index contributed by atoms with van der Waals surface area (Å²) in [5, 5.41) is 4.20. The van der Waals surface area contributed by atoms with Crippen molar-refractivity contribution in [2.24, 2.45) is 5.73 Å². The maximum absolute atomic E-state index is 13.5. The van der Waals surface area contributed by atoms with E-state index in [4.69, 9.17) is 5.73 Å². The molecule has 9 heteroatoms. The highest BCUT2D eigenvalue weighted by molar-refractivity contribution is 6.07. The van der Waals surface area contributed by atoms with Gasteiger partial charge in [-0.15, -0.1) is 0 Å². The van der Waals surface area contributed by atoms with Crippen LogP contribution < -0.4 is 10.6 Å². The molecule has 5 amide bonds. The van der Waals surface area contributed by atoms with Crippen molar-refractivity contribution >= 4 is 23.7 Å². The number of carbonyl (C=O) groups excluding carboxylic acids is 3. The number of fused-ring (bicyclic) bond motifs is 1. The summed E-state index contributed by atoms with van der Waals surface area (Å²) >= 11 is 0. The molecule has 2 heterocycles. The molecule has 164 valence electrons. The molecule has 2 aromatic carbocycles. The van der Waals surface area contributed by atoms with Crippen LogP contribution in [0, 0.1) is 0 Å². The van der Waals surface area contributed by atoms with Crippen molar-refractivity contribution in [3.05, 3.63) is 78.1 Å². The first-order chi connectivity index (χ1) is 15.4. The molecule has 1 aromatic heterocycles. The minimum absolute atomic E-state index is 0.172. The van der Waals surface area contributed by atoms with Gasteiger partial charge in [-0.25, -0.2) is 19.2 Å². The fourth-order valence-corrected chi connectivity index (χ4v) is 3.78. The molecule has 32 heavy (non-hydrogen) atoms. The van der Waals surface area contributed by atoms with Gasteiger partial charge in [0, 0.05) is 49.8 Å². The average Bonchev–Trinajstić information content (AvgIpc) is 3.30. The summed E-state index contributed by atoms with van der Waals surface area (Å²) in [5.74, 6) is -0.172. The number of primary amides is 1. The van der Waals surface area contributed by atoms with E-state index in [-0.39, 0.29) is 25.0 Å². The Morgan fingerprint density at radius 3 is 2.44 bits per heavy atom. The van der Waals surface area contributed by atoms with Gasteiger partial charge in [0.25, 0.3) is 5.91 Å². The molecule has 0 fully saturated rings. The molecule has 0 aliphatic carbocycles. The highest BCUT2D eigenvalue weighted by Crippen LogP contribution is 2.29. The van der Waals surface area contributed by atoms with Gasteiger partial charge in [0.1, 0.15) is 0 Å². The van der Waals surface area contributed by atoms with Crippen LogP contribution in [0.1, 0.15) is 22.8 Å². The summed E-state index contributed by atoms with van der Waals surface area (Å²) in [7, 11) is 1.35. The molecular weight excluding hydrogens is 408 g/mol. The van der Waals surface area contributed by atoms with Crippen LogP contribution in [0.3, 0.4) is 0 Å². The van der Waals surface area contributed by atoms with Crippen molar-refractivity contribution in [3.8, 4) is 5.69 Å². The van der Waals surface area contributed by atoms with Crippen LogP contribution in [0.25, 0.3) is 5.69 Å². The van der Waals surface area contributed by atoms with Crippen LogP contribution in [0.4, 0.5) is 15.3 Å². The van der Waals surface area contributed by atoms with Crippen LogP contribution in [0.5, 0.6) is 0 Å². The zero-order valence-electron chi connectivity index (χ0n) is 17.9. The van der Waals surface area contributed by atoms with E-state index in [9.17, 15) is 14.4 Å². The predicted molar refractivity (Wildman–Crippen MR) is 119 cm³/mol. The number of hydrogen-bond donors (Lipinski definition) is 1. The van der Waals surface area contributed by atoms with E-state index in [1.807, 2.05) is 55.6 Å². The number of nitrogens with two attached hydrogens (primary N) is 1. The second kappa shape index (κ2) is 8.54. The summed E-state index contributed by atoms with van der Waals surface area (Å²) < 4.78 is 1.72. The largest absolute Gasteiger partial charge is 0.351 e. The number of imide groups is 1. The second-order valence-corrected chi connectivity index (χ2v) is 7.70. The Morgan fingerprint density at radius 2 is 1.78 bits per heavy atom. The predicted octanol–water partition coefficient (Wildman–Crippen LogP) is 2.85. The molecule has 0 spiro atoms. The van der Waals surface area contributed by atoms with Crippen molar-refractivity contribution in [3.63, 3.8) is 0 Å². The second-order valence-electron chi connectivity index (χ2n) is 7.70. The number of benzene rings is 2. The zero-order valence-corrected chi connectivity index (χ0v) is 17.9. The van der Waals surface area contributed by atoms with Gasteiger partial charge in [-0.2, -0.15) is 5.10 Å². The number of rotatable bonds is 2. The molecule has 0 bridgehead atoms. The molecule has 0 saturated heterocycles. The molecule has 1 aliphatic rings. The average molecular weight is 432 g/mol. The Balaban J connectivity index is 1.65. The van der Waals surface area contributed by atoms with Crippen LogP contribution in [0.2, 0.25) is 0 Å². The number of anilines is 1. The monoisotopic (exact) mass is 432 g/mol. The van der Waals surface area contributed by atoms with Crippen LogP contribution in [-0.4, -0.2) is 57.2 Å². The lowest BCUT2D eigenvalue weighted by Gasteiger charge is -2.31. The lowest BCUT2D eigenvalue weighted by atomic mass is 10.1. The van der Waals surface area contributed by atoms with Crippen LogP contribution in [0.15, 0.2) is 67.0 Å². The minimum atomic E-state index is -0.829. The maximum Gasteiger partial charge on any atom is 0.328 e. The lowest BCUT2D eigenvalue weighted by Crippen LogP contribution is -2.51. The molecule has 3 aromatic rings. The fourth-order valence-electron chi connectivity index (χ4n) is 3.78. The van der Waals surface area contributed by atoms with E-state index in [0.717, 1.165) is 21.8 Å². The topological polar surface area (TPSA) is 105 Å². The van der Waals surface area contributed by atoms with E-state index < -0.39 is 12.1 Å². The van der Waals surface area contributed by atoms with E-state index in [0.29, 0.717) is 5.56 Å². The number of carbonyl (C=O) groups is 3. The number of nitrogens with zero attached hydrogens (tertiary/aromatic N) is 5. The van der Waals surface area contributed by atoms with Gasteiger partial charge in [0.2, 0.25) is 0 Å². The number of para-hydroxylation sites is 1. The number of hydrogen-bond acceptors (Lipinski definition) is 4. The van der Waals surface area contributed by atoms with E-state index in [2.05, 4.69) is 5.10 Å². The molecule has 4 rings (SSSR count). The van der Waals surface area contributed by atoms with Gasteiger partial charge >= 0.3 is 12.1 Å². The Labute approximate surface area is 185 Å². The molecule has 0 saturated carbocycles. The van der Waals surface area contributed by atoms with Crippen molar-refractivity contribution < 1.29 is 14.4 Å². The van der Waals surface area contributed by atoms with Crippen molar-refractivity contribution in [2.75, 3.05) is 18.5 Å². The maximum atomic E-state index is 13.5. The van der Waals surface area contributed by atoms with E-state index in [1.165, 1.54) is 7.05 Å². The smallest absolute Gasteiger partial charge is 0.328 e. The number of amides is 5. The summed E-state index contributed by atoms with van der Waals surface area (Å²) in [6.45, 7) is 2.38. The van der Waals surface area contributed by atoms with Crippen molar-refractivity contribution in [1.82, 2.24) is 19.6 Å². The van der Waals surface area contributed by atoms with Gasteiger partial charge in [-0.05, 0) is 48.9 Å². The quantitative estimate of drug-likeness (QED) is 0.672. The Morgan fingerprint density at radius 1 is 1.06 bits per heavy atom. The van der Waals surface area contributed by atoms with Gasteiger partial charge in [-0.3, -0.25) is 4.79 Å². The molecule has 0 unspecified atom stereocenters. The van der Waals surface area contributed by atoms with Gasteiger partial charge in [-0.1, -0.05) is 18.2 Å². The zero-order chi connectivity index (χ0) is 22.8. The highest BCUT2D eigenvalue weighted by Gasteiger charge is 2.33. The minimum Gasteiger partial charge on any atom is -0.351 e. The summed E-state index contributed by atoms with van der Waals surface area (Å²) in [6.07, 6.45) is 3.52. The third-order valence-electron chi connectivity index (χ3n) is 5.59. The number of aromatic nitrogens is 2. The first-order valence-corrected chi connectivity index (χ1v) is 10.2. The SMILES string of the molecule is C[C@@H]1CN(C(=O)c2ccc(-n3cccn3)cc2)c2ccccc2CN1C(=O)N(C)C(N)=O. The van der Waals surface area contributed by atoms with Crippen molar-refractivity contribution in [1.29, 1.82) is 0 Å². The molecule has 2 N–H and O–H groups in total. The molecule has 1 atom stereocenters. The Hall–Kier alpha value is -4.14. The van der Waals surface area contributed by atoms with E-state index >= 15 is 0 Å². The molecule has 1 aliphatic heterocycles. The van der Waals surface area contributed by atoms with E-state index in [1.54, 1.807) is 32.8 Å². The summed E-state index contributed by atoms with van der Waals surface area (Å²) in [4.78, 5) is 42.0. The first kappa shape index (κ1) is 21.1. The molecule has 0 radical (unpaired) electrons. The molecular formula is C23H24N6O3. The summed E-state index contributed by atoms with van der Waals surface area (Å²) in [5.41, 5.74) is 8.21. The third kappa shape index (κ3) is 3.92. The van der Waals surface area contributed by atoms with Gasteiger partial charge < -0.3 is 15.5 Å². The first-order valence-electron chi connectivity index (χ1n) is 10.2. The number of urea groups is 2. The van der Waals surface area contributed by atoms with Crippen LogP contribution >= 0.6 is 0 Å². The molecule has 9 nitrogen and oxygen atoms in total. The fraction of sp³-hybridized carbons (Fsp3) is 0.217. The van der Waals surface area contributed by atoms with Gasteiger partial charge in [0.15, 0.2) is 0 Å². The normalized spacial score (nSPS) is 15.6. The standard InChI is InChI=1S/C23H24N6O3/c1-16-14-28(21(30)17-8-10-19(11-9-17)29-13-5-12-25-29)20-7-4-3-6-18(20)15-27(16)23(32)26(2)22(24)31/h3-13,16H,14-15H2,1-2H3,(H2,24,31)/t16-/m1/s1. The summed E-state index contributed by atoms with van der Waals surface area (Å²) in [6, 6.07) is 14.8.